The minimum atomic E-state index is -0.327. The summed E-state index contributed by atoms with van der Waals surface area (Å²) in [7, 11) is 4.78. The average Bonchev–Trinajstić information content (AvgIpc) is 2.99. The maximum absolute atomic E-state index is 13.4. The molecule has 6 heteroatoms. The highest BCUT2D eigenvalue weighted by atomic mass is 19.1. The van der Waals surface area contributed by atoms with Crippen LogP contribution in [-0.4, -0.2) is 34.7 Å². The van der Waals surface area contributed by atoms with E-state index in [0.717, 1.165) is 22.3 Å². The number of halogens is 1. The fourth-order valence-corrected chi connectivity index (χ4v) is 2.78. The second-order valence-electron chi connectivity index (χ2n) is 5.61. The van der Waals surface area contributed by atoms with Crippen molar-refractivity contribution in [1.82, 2.24) is 14.6 Å². The van der Waals surface area contributed by atoms with Gasteiger partial charge in [0.25, 0.3) is 5.91 Å². The number of carbonyl (C=O) groups is 1. The summed E-state index contributed by atoms with van der Waals surface area (Å²) in [5.41, 5.74) is 3.72. The Kier molecular flexibility index (Phi) is 4.63. The first-order valence-corrected chi connectivity index (χ1v) is 7.70. The van der Waals surface area contributed by atoms with Gasteiger partial charge in [-0.3, -0.25) is 14.6 Å². The van der Waals surface area contributed by atoms with Crippen molar-refractivity contribution >= 4 is 5.91 Å². The maximum Gasteiger partial charge on any atom is 0.294 e. The van der Waals surface area contributed by atoms with Crippen LogP contribution in [0.5, 0.6) is 0 Å². The number of aromatic nitrogens is 2. The zero-order chi connectivity index (χ0) is 18.0. The molecule has 0 fully saturated rings. The summed E-state index contributed by atoms with van der Waals surface area (Å²) in [6.45, 7) is 0. The van der Waals surface area contributed by atoms with Gasteiger partial charge in [-0.05, 0) is 35.4 Å². The van der Waals surface area contributed by atoms with Gasteiger partial charge < -0.3 is 4.57 Å². The molecule has 0 unspecified atom stereocenters. The third-order valence-electron chi connectivity index (χ3n) is 4.07. The number of rotatable bonds is 4. The van der Waals surface area contributed by atoms with Gasteiger partial charge in [-0.2, -0.15) is 0 Å². The quantitative estimate of drug-likeness (QED) is 0.683. The van der Waals surface area contributed by atoms with Gasteiger partial charge in [-0.15, -0.1) is 0 Å². The molecule has 0 atom stereocenters. The number of aryl methyl sites for hydroxylation is 1. The Bertz CT molecular complexity index is 889. The zero-order valence-electron chi connectivity index (χ0n) is 14.2. The summed E-state index contributed by atoms with van der Waals surface area (Å²) in [6, 6.07) is 9.84. The predicted molar refractivity (Wildman–Crippen MR) is 93.1 cm³/mol. The molecule has 0 spiro atoms. The number of amides is 1. The van der Waals surface area contributed by atoms with Crippen LogP contribution < -0.4 is 0 Å². The first kappa shape index (κ1) is 16.9. The molecule has 1 aromatic carbocycles. The topological polar surface area (TPSA) is 47.4 Å². The molecule has 25 heavy (non-hydrogen) atoms. The Balaban J connectivity index is 2.27. The molecule has 2 aromatic heterocycles. The molecule has 0 bridgehead atoms. The molecule has 2 heterocycles. The van der Waals surface area contributed by atoms with E-state index in [2.05, 4.69) is 4.98 Å². The lowest BCUT2D eigenvalue weighted by Gasteiger charge is -2.16. The summed E-state index contributed by atoms with van der Waals surface area (Å²) >= 11 is 0. The van der Waals surface area contributed by atoms with Gasteiger partial charge in [-0.1, -0.05) is 12.1 Å². The van der Waals surface area contributed by atoms with Crippen molar-refractivity contribution in [3.8, 4) is 22.3 Å². The summed E-state index contributed by atoms with van der Waals surface area (Å²) < 4.78 is 15.1. The smallest absolute Gasteiger partial charge is 0.294 e. The normalized spacial score (nSPS) is 10.7. The van der Waals surface area contributed by atoms with Crippen LogP contribution in [0.2, 0.25) is 0 Å². The summed E-state index contributed by atoms with van der Waals surface area (Å²) in [5.74, 6) is -0.614. The second-order valence-corrected chi connectivity index (χ2v) is 5.61. The molecule has 0 N–H and O–H groups in total. The number of pyridine rings is 1. The zero-order valence-corrected chi connectivity index (χ0v) is 14.2. The summed E-state index contributed by atoms with van der Waals surface area (Å²) in [6.07, 6.45) is 5.27. The Labute approximate surface area is 145 Å². The lowest BCUT2D eigenvalue weighted by molar-refractivity contribution is -0.0762. The minimum absolute atomic E-state index is 0.287. The Hall–Kier alpha value is -2.99. The summed E-state index contributed by atoms with van der Waals surface area (Å²) in [5, 5.41) is 1.17. The van der Waals surface area contributed by atoms with Crippen molar-refractivity contribution in [2.24, 2.45) is 7.05 Å². The monoisotopic (exact) mass is 339 g/mol. The molecule has 3 rings (SSSR count). The first-order chi connectivity index (χ1) is 12.0. The molecule has 0 radical (unpaired) electrons. The van der Waals surface area contributed by atoms with Gasteiger partial charge in [0.1, 0.15) is 11.5 Å². The molecule has 0 saturated heterocycles. The van der Waals surface area contributed by atoms with E-state index in [1.54, 1.807) is 43.2 Å². The van der Waals surface area contributed by atoms with Crippen LogP contribution in [0.15, 0.2) is 55.0 Å². The third kappa shape index (κ3) is 3.16. The number of benzene rings is 1. The van der Waals surface area contributed by atoms with Gasteiger partial charge >= 0.3 is 0 Å². The molecule has 1 amide bonds. The first-order valence-electron chi connectivity index (χ1n) is 7.70. The molecule has 0 aliphatic carbocycles. The Morgan fingerprint density at radius 3 is 2.36 bits per heavy atom. The number of nitrogens with zero attached hydrogens (tertiary/aromatic N) is 3. The van der Waals surface area contributed by atoms with E-state index >= 15 is 0 Å². The van der Waals surface area contributed by atoms with Gasteiger partial charge in [0, 0.05) is 43.8 Å². The van der Waals surface area contributed by atoms with Crippen molar-refractivity contribution in [2.75, 3.05) is 14.2 Å². The van der Waals surface area contributed by atoms with Crippen molar-refractivity contribution in [3.63, 3.8) is 0 Å². The van der Waals surface area contributed by atoms with Crippen LogP contribution >= 0.6 is 0 Å². The SMILES string of the molecule is CON(C)C(=O)c1c(-c2ccc(F)cc2)c(-c2ccncc2)cn1C. The van der Waals surface area contributed by atoms with Crippen LogP contribution in [0.25, 0.3) is 22.3 Å². The molecule has 128 valence electrons. The van der Waals surface area contributed by atoms with Gasteiger partial charge in [0.2, 0.25) is 0 Å². The number of carbonyl (C=O) groups excluding carboxylic acids is 1. The lowest BCUT2D eigenvalue weighted by atomic mass is 9.97. The van der Waals surface area contributed by atoms with E-state index in [1.807, 2.05) is 18.3 Å². The Morgan fingerprint density at radius 2 is 1.76 bits per heavy atom. The molecule has 0 aliphatic rings. The standard InChI is InChI=1S/C19H18FN3O2/c1-22-12-16(13-8-10-21-11-9-13)17(14-4-6-15(20)7-5-14)18(22)19(24)23(2)25-3/h4-12H,1-3H3. The van der Waals surface area contributed by atoms with Crippen LogP contribution in [0.1, 0.15) is 10.5 Å². The second kappa shape index (κ2) is 6.86. The maximum atomic E-state index is 13.4. The van der Waals surface area contributed by atoms with E-state index in [0.29, 0.717) is 5.69 Å². The molecular weight excluding hydrogens is 321 g/mol. The highest BCUT2D eigenvalue weighted by molar-refractivity contribution is 6.03. The number of hydrogen-bond acceptors (Lipinski definition) is 3. The van der Waals surface area contributed by atoms with E-state index in [4.69, 9.17) is 4.84 Å². The van der Waals surface area contributed by atoms with Crippen LogP contribution in [0, 0.1) is 5.82 Å². The van der Waals surface area contributed by atoms with E-state index in [1.165, 1.54) is 24.3 Å². The molecule has 0 aliphatic heterocycles. The van der Waals surface area contributed by atoms with Crippen molar-refractivity contribution < 1.29 is 14.0 Å². The fourth-order valence-electron chi connectivity index (χ4n) is 2.78. The van der Waals surface area contributed by atoms with Gasteiger partial charge in [-0.25, -0.2) is 9.45 Å². The fraction of sp³-hybridized carbons (Fsp3) is 0.158. The highest BCUT2D eigenvalue weighted by Crippen LogP contribution is 2.36. The minimum Gasteiger partial charge on any atom is -0.345 e. The van der Waals surface area contributed by atoms with Crippen molar-refractivity contribution in [2.45, 2.75) is 0 Å². The molecule has 5 nitrogen and oxygen atoms in total. The summed E-state index contributed by atoms with van der Waals surface area (Å²) in [4.78, 5) is 21.9. The largest absolute Gasteiger partial charge is 0.345 e. The Morgan fingerprint density at radius 1 is 1.12 bits per heavy atom. The average molecular weight is 339 g/mol. The van der Waals surface area contributed by atoms with Crippen molar-refractivity contribution in [3.05, 3.63) is 66.5 Å². The highest BCUT2D eigenvalue weighted by Gasteiger charge is 2.25. The van der Waals surface area contributed by atoms with Crippen molar-refractivity contribution in [1.29, 1.82) is 0 Å². The third-order valence-corrected chi connectivity index (χ3v) is 4.07. The molecule has 3 aromatic rings. The molecular formula is C19H18FN3O2. The van der Waals surface area contributed by atoms with E-state index in [-0.39, 0.29) is 11.7 Å². The number of hydroxylamine groups is 2. The van der Waals surface area contributed by atoms with Crippen LogP contribution in [0.4, 0.5) is 4.39 Å². The number of hydrogen-bond donors (Lipinski definition) is 0. The van der Waals surface area contributed by atoms with Gasteiger partial charge in [0.05, 0.1) is 7.11 Å². The lowest BCUT2D eigenvalue weighted by Crippen LogP contribution is -2.27. The van der Waals surface area contributed by atoms with Gasteiger partial charge in [0.15, 0.2) is 0 Å². The predicted octanol–water partition coefficient (Wildman–Crippen LogP) is 3.53. The van der Waals surface area contributed by atoms with Crippen LogP contribution in [0.3, 0.4) is 0 Å². The van der Waals surface area contributed by atoms with E-state index in [9.17, 15) is 9.18 Å². The molecule has 0 saturated carbocycles. The van der Waals surface area contributed by atoms with Crippen LogP contribution in [-0.2, 0) is 11.9 Å². The van der Waals surface area contributed by atoms with E-state index < -0.39 is 0 Å².